The first kappa shape index (κ1) is 20.1. The Labute approximate surface area is 157 Å². The van der Waals surface area contributed by atoms with Gasteiger partial charge in [-0.05, 0) is 48.3 Å². The van der Waals surface area contributed by atoms with Gasteiger partial charge in [0.2, 0.25) is 0 Å². The number of benzene rings is 1. The summed E-state index contributed by atoms with van der Waals surface area (Å²) in [5.74, 6) is 0.480. The van der Waals surface area contributed by atoms with Crippen molar-refractivity contribution in [3.63, 3.8) is 0 Å². The molecule has 0 saturated heterocycles. The molecule has 0 radical (unpaired) electrons. The first-order valence-electron chi connectivity index (χ1n) is 8.26. The highest BCUT2D eigenvalue weighted by atomic mass is 32.1. The SMILES string of the molecule is CC1CC1C[C@@H](C=O)NC(=O)c1cc2cc(C(F)(F)P(=O)(O)O)ccc2s1. The van der Waals surface area contributed by atoms with Crippen LogP contribution in [0, 0.1) is 11.8 Å². The summed E-state index contributed by atoms with van der Waals surface area (Å²) in [6.45, 7) is 2.07. The molecule has 10 heteroatoms. The molecule has 2 unspecified atom stereocenters. The first-order valence-corrected chi connectivity index (χ1v) is 10.7. The quantitative estimate of drug-likeness (QED) is 0.473. The van der Waals surface area contributed by atoms with Gasteiger partial charge in [0.15, 0.2) is 0 Å². The molecule has 0 spiro atoms. The number of amides is 1. The highest BCUT2D eigenvalue weighted by molar-refractivity contribution is 7.52. The number of alkyl halides is 2. The summed E-state index contributed by atoms with van der Waals surface area (Å²) in [5, 5.41) is 2.91. The minimum atomic E-state index is -5.66. The van der Waals surface area contributed by atoms with Crippen molar-refractivity contribution < 1.29 is 32.7 Å². The number of halogens is 2. The predicted molar refractivity (Wildman–Crippen MR) is 97.0 cm³/mol. The monoisotopic (exact) mass is 417 g/mol. The van der Waals surface area contributed by atoms with E-state index in [4.69, 9.17) is 9.79 Å². The zero-order valence-corrected chi connectivity index (χ0v) is 16.0. The van der Waals surface area contributed by atoms with Crippen LogP contribution in [0.1, 0.15) is 35.0 Å². The molecule has 27 heavy (non-hydrogen) atoms. The summed E-state index contributed by atoms with van der Waals surface area (Å²) >= 11 is 1.05. The summed E-state index contributed by atoms with van der Waals surface area (Å²) in [7, 11) is -5.66. The van der Waals surface area contributed by atoms with Gasteiger partial charge in [-0.2, -0.15) is 8.78 Å². The fourth-order valence-electron chi connectivity index (χ4n) is 2.95. The molecule has 3 rings (SSSR count). The maximum Gasteiger partial charge on any atom is 0.399 e. The minimum Gasteiger partial charge on any atom is -0.342 e. The van der Waals surface area contributed by atoms with E-state index < -0.39 is 30.8 Å². The number of aldehydes is 1. The number of rotatable bonds is 7. The Morgan fingerprint density at radius 1 is 1.44 bits per heavy atom. The van der Waals surface area contributed by atoms with Crippen LogP contribution in [0.3, 0.4) is 0 Å². The van der Waals surface area contributed by atoms with E-state index in [1.54, 1.807) is 0 Å². The second-order valence-corrected chi connectivity index (χ2v) is 9.61. The maximum atomic E-state index is 13.9. The molecule has 3 atom stereocenters. The van der Waals surface area contributed by atoms with Gasteiger partial charge in [0.25, 0.3) is 5.91 Å². The number of fused-ring (bicyclic) bond motifs is 1. The van der Waals surface area contributed by atoms with Gasteiger partial charge in [0, 0.05) is 10.3 Å². The zero-order chi connectivity index (χ0) is 20.0. The van der Waals surface area contributed by atoms with Crippen LogP contribution in [-0.4, -0.2) is 28.0 Å². The van der Waals surface area contributed by atoms with Gasteiger partial charge in [0.05, 0.1) is 10.9 Å². The predicted octanol–water partition coefficient (Wildman–Crippen LogP) is 3.47. The van der Waals surface area contributed by atoms with Crippen molar-refractivity contribution in [1.82, 2.24) is 5.32 Å². The van der Waals surface area contributed by atoms with Crippen LogP contribution in [0.15, 0.2) is 24.3 Å². The largest absolute Gasteiger partial charge is 0.399 e. The van der Waals surface area contributed by atoms with E-state index in [1.807, 2.05) is 0 Å². The molecule has 1 aliphatic carbocycles. The molecule has 1 heterocycles. The minimum absolute atomic E-state index is 0.234. The van der Waals surface area contributed by atoms with Crippen LogP contribution in [0.2, 0.25) is 0 Å². The third-order valence-electron chi connectivity index (χ3n) is 4.77. The average molecular weight is 417 g/mol. The molecule has 1 fully saturated rings. The van der Waals surface area contributed by atoms with Crippen LogP contribution in [0.4, 0.5) is 8.78 Å². The maximum absolute atomic E-state index is 13.9. The van der Waals surface area contributed by atoms with Crippen molar-refractivity contribution in [3.05, 3.63) is 34.7 Å². The van der Waals surface area contributed by atoms with Gasteiger partial charge < -0.3 is 19.9 Å². The summed E-state index contributed by atoms with van der Waals surface area (Å²) in [5.41, 5.74) is -5.13. The van der Waals surface area contributed by atoms with Crippen molar-refractivity contribution in [3.8, 4) is 0 Å². The Hall–Kier alpha value is -1.67. The van der Waals surface area contributed by atoms with Crippen molar-refractivity contribution in [2.24, 2.45) is 11.8 Å². The molecule has 6 nitrogen and oxygen atoms in total. The van der Waals surface area contributed by atoms with E-state index in [1.165, 1.54) is 12.1 Å². The lowest BCUT2D eigenvalue weighted by molar-refractivity contribution is -0.109. The van der Waals surface area contributed by atoms with Crippen molar-refractivity contribution in [2.45, 2.75) is 31.5 Å². The lowest BCUT2D eigenvalue weighted by Crippen LogP contribution is -2.36. The van der Waals surface area contributed by atoms with E-state index in [2.05, 4.69) is 12.2 Å². The van der Waals surface area contributed by atoms with Crippen molar-refractivity contribution >= 4 is 41.2 Å². The number of carbonyl (C=O) groups is 2. The number of thiophene rings is 1. The smallest absolute Gasteiger partial charge is 0.342 e. The summed E-state index contributed by atoms with van der Waals surface area (Å²) in [4.78, 5) is 41.5. The zero-order valence-electron chi connectivity index (χ0n) is 14.3. The van der Waals surface area contributed by atoms with E-state index in [0.717, 1.165) is 29.9 Å². The molecule has 1 aromatic heterocycles. The number of hydrogen-bond donors (Lipinski definition) is 3. The Morgan fingerprint density at radius 3 is 2.67 bits per heavy atom. The first-order chi connectivity index (χ1) is 12.5. The topological polar surface area (TPSA) is 104 Å². The lowest BCUT2D eigenvalue weighted by Gasteiger charge is -2.17. The number of hydrogen-bond acceptors (Lipinski definition) is 4. The summed E-state index contributed by atoms with van der Waals surface area (Å²) in [6, 6.07) is 3.95. The van der Waals surface area contributed by atoms with Crippen molar-refractivity contribution in [1.29, 1.82) is 0 Å². The van der Waals surface area contributed by atoms with Gasteiger partial charge in [0.1, 0.15) is 6.29 Å². The molecule has 1 amide bonds. The molecule has 1 saturated carbocycles. The second kappa shape index (κ2) is 7.05. The van der Waals surface area contributed by atoms with Gasteiger partial charge in [-0.25, -0.2) is 0 Å². The molecule has 146 valence electrons. The Balaban J connectivity index is 1.80. The molecular weight excluding hydrogens is 399 g/mol. The normalized spacial score (nSPS) is 21.1. The third-order valence-corrected chi connectivity index (χ3v) is 6.87. The number of carbonyl (C=O) groups excluding carboxylic acids is 2. The highest BCUT2D eigenvalue weighted by Gasteiger charge is 2.50. The highest BCUT2D eigenvalue weighted by Crippen LogP contribution is 2.59. The average Bonchev–Trinajstić information content (AvgIpc) is 3.10. The Kier molecular flexibility index (Phi) is 5.24. The van der Waals surface area contributed by atoms with E-state index in [0.29, 0.717) is 29.2 Å². The molecule has 1 aromatic carbocycles. The second-order valence-electron chi connectivity index (χ2n) is 6.87. The third kappa shape index (κ3) is 4.11. The molecule has 2 aromatic rings. The Bertz CT molecular complexity index is 941. The molecule has 1 aliphatic rings. The van der Waals surface area contributed by atoms with E-state index in [9.17, 15) is 22.9 Å². The summed E-state index contributed by atoms with van der Waals surface area (Å²) < 4.78 is 39.3. The molecular formula is C17H18F2NO5PS. The van der Waals surface area contributed by atoms with Gasteiger partial charge in [-0.3, -0.25) is 9.36 Å². The molecule has 0 aliphatic heterocycles. The van der Waals surface area contributed by atoms with Crippen LogP contribution >= 0.6 is 18.9 Å². The van der Waals surface area contributed by atoms with Crippen LogP contribution in [0.25, 0.3) is 10.1 Å². The fourth-order valence-corrected chi connectivity index (χ4v) is 4.37. The van der Waals surface area contributed by atoms with Gasteiger partial charge >= 0.3 is 13.3 Å². The van der Waals surface area contributed by atoms with Crippen LogP contribution in [-0.2, 0) is 15.0 Å². The standard InChI is InChI=1S/C17H18F2NO5PS/c1-9-4-10(9)6-13(8-21)20-16(22)15-7-11-5-12(2-3-14(11)27-15)17(18,19)26(23,24)25/h2-3,5,7-10,13H,4,6H2,1H3,(H,20,22)(H2,23,24,25)/t9?,10?,13-/m0/s1. The van der Waals surface area contributed by atoms with E-state index in [-0.39, 0.29) is 10.3 Å². The van der Waals surface area contributed by atoms with Crippen molar-refractivity contribution in [2.75, 3.05) is 0 Å². The van der Waals surface area contributed by atoms with Gasteiger partial charge in [-0.1, -0.05) is 13.0 Å². The lowest BCUT2D eigenvalue weighted by atomic mass is 10.1. The van der Waals surface area contributed by atoms with Gasteiger partial charge in [-0.15, -0.1) is 11.3 Å². The molecule has 0 bridgehead atoms. The Morgan fingerprint density at radius 2 is 2.11 bits per heavy atom. The van der Waals surface area contributed by atoms with Crippen LogP contribution < -0.4 is 5.32 Å². The number of nitrogens with one attached hydrogen (secondary N) is 1. The van der Waals surface area contributed by atoms with Crippen LogP contribution in [0.5, 0.6) is 0 Å². The van der Waals surface area contributed by atoms with E-state index >= 15 is 0 Å². The summed E-state index contributed by atoms with van der Waals surface area (Å²) in [6.07, 6.45) is 2.29. The fraction of sp³-hybridized carbons (Fsp3) is 0.412. The molecule has 3 N–H and O–H groups in total.